The molecule has 0 radical (unpaired) electrons. The van der Waals surface area contributed by atoms with Crippen molar-refractivity contribution in [2.24, 2.45) is 7.05 Å². The summed E-state index contributed by atoms with van der Waals surface area (Å²) in [5, 5.41) is 8.97. The molecule has 0 spiro atoms. The van der Waals surface area contributed by atoms with Crippen LogP contribution in [0.2, 0.25) is 0 Å². The normalized spacial score (nSPS) is 10.5. The lowest BCUT2D eigenvalue weighted by Gasteiger charge is -2.08. The summed E-state index contributed by atoms with van der Waals surface area (Å²) < 4.78 is 1.73. The van der Waals surface area contributed by atoms with Crippen LogP contribution < -0.4 is 5.32 Å². The highest BCUT2D eigenvalue weighted by Crippen LogP contribution is 2.20. The number of thiophene rings is 1. The predicted molar refractivity (Wildman–Crippen MR) is 81.9 cm³/mol. The van der Waals surface area contributed by atoms with Gasteiger partial charge in [0.2, 0.25) is 0 Å². The third kappa shape index (κ3) is 3.00. The molecule has 21 heavy (non-hydrogen) atoms. The van der Waals surface area contributed by atoms with Crippen molar-refractivity contribution < 1.29 is 4.79 Å². The summed E-state index contributed by atoms with van der Waals surface area (Å²) in [6, 6.07) is 7.51. The highest BCUT2D eigenvalue weighted by atomic mass is 32.1. The third-order valence-electron chi connectivity index (χ3n) is 3.05. The van der Waals surface area contributed by atoms with Crippen LogP contribution in [0.5, 0.6) is 0 Å². The molecular weight excluding hydrogens is 284 g/mol. The Morgan fingerprint density at radius 1 is 1.38 bits per heavy atom. The van der Waals surface area contributed by atoms with E-state index in [1.165, 1.54) is 11.3 Å². The van der Waals surface area contributed by atoms with Crippen molar-refractivity contribution >= 4 is 17.2 Å². The van der Waals surface area contributed by atoms with Crippen molar-refractivity contribution in [1.29, 1.82) is 0 Å². The molecular formula is C15H14N4OS. The first-order valence-corrected chi connectivity index (χ1v) is 7.36. The smallest absolute Gasteiger partial charge is 0.261 e. The molecule has 0 atom stereocenters. The summed E-state index contributed by atoms with van der Waals surface area (Å²) in [5.74, 6) is -0.0639. The van der Waals surface area contributed by atoms with Crippen molar-refractivity contribution in [2.45, 2.75) is 6.54 Å². The van der Waals surface area contributed by atoms with Crippen LogP contribution in [0.25, 0.3) is 11.3 Å². The van der Waals surface area contributed by atoms with E-state index in [4.69, 9.17) is 0 Å². The van der Waals surface area contributed by atoms with Crippen molar-refractivity contribution in [3.8, 4) is 11.3 Å². The summed E-state index contributed by atoms with van der Waals surface area (Å²) in [6.07, 6.45) is 5.42. The second-order valence-electron chi connectivity index (χ2n) is 4.57. The molecule has 3 rings (SSSR count). The maximum absolute atomic E-state index is 12.0. The lowest BCUT2D eigenvalue weighted by atomic mass is 10.1. The van der Waals surface area contributed by atoms with E-state index < -0.39 is 0 Å². The van der Waals surface area contributed by atoms with Crippen molar-refractivity contribution in [2.75, 3.05) is 0 Å². The van der Waals surface area contributed by atoms with E-state index in [1.54, 1.807) is 17.1 Å². The SMILES string of the molecule is Cn1cc(-c2ncccc2CNC(=O)c2cccs2)cn1. The number of pyridine rings is 1. The maximum Gasteiger partial charge on any atom is 0.261 e. The van der Waals surface area contributed by atoms with Crippen molar-refractivity contribution in [1.82, 2.24) is 20.1 Å². The van der Waals surface area contributed by atoms with E-state index in [-0.39, 0.29) is 5.91 Å². The summed E-state index contributed by atoms with van der Waals surface area (Å²) in [4.78, 5) is 17.1. The van der Waals surface area contributed by atoms with Gasteiger partial charge in [0.25, 0.3) is 5.91 Å². The molecule has 106 valence electrons. The van der Waals surface area contributed by atoms with Crippen molar-refractivity contribution in [3.05, 3.63) is 58.7 Å². The van der Waals surface area contributed by atoms with Gasteiger partial charge < -0.3 is 5.32 Å². The van der Waals surface area contributed by atoms with Crippen LogP contribution >= 0.6 is 11.3 Å². The Morgan fingerprint density at radius 2 is 2.29 bits per heavy atom. The average Bonchev–Trinajstić information content (AvgIpc) is 3.16. The Kier molecular flexibility index (Phi) is 3.79. The Labute approximate surface area is 126 Å². The molecule has 1 amide bonds. The number of rotatable bonds is 4. The zero-order chi connectivity index (χ0) is 14.7. The van der Waals surface area contributed by atoms with Gasteiger partial charge in [0.1, 0.15) is 0 Å². The molecule has 6 heteroatoms. The third-order valence-corrected chi connectivity index (χ3v) is 3.92. The number of nitrogens with zero attached hydrogens (tertiary/aromatic N) is 3. The number of aryl methyl sites for hydroxylation is 1. The number of aromatic nitrogens is 3. The Morgan fingerprint density at radius 3 is 3.00 bits per heavy atom. The monoisotopic (exact) mass is 298 g/mol. The van der Waals surface area contributed by atoms with Gasteiger partial charge in [-0.3, -0.25) is 14.5 Å². The average molecular weight is 298 g/mol. The zero-order valence-electron chi connectivity index (χ0n) is 11.5. The minimum Gasteiger partial charge on any atom is -0.347 e. The molecule has 0 saturated carbocycles. The molecule has 0 fully saturated rings. The number of hydrogen-bond acceptors (Lipinski definition) is 4. The van der Waals surface area contributed by atoms with Crippen LogP contribution in [0, 0.1) is 0 Å². The van der Waals surface area contributed by atoms with Gasteiger partial charge >= 0.3 is 0 Å². The van der Waals surface area contributed by atoms with Gasteiger partial charge in [-0.05, 0) is 23.1 Å². The standard InChI is InChI=1S/C15H14N4OS/c1-19-10-12(9-18-19)14-11(4-2-6-16-14)8-17-15(20)13-5-3-7-21-13/h2-7,9-10H,8H2,1H3,(H,17,20). The maximum atomic E-state index is 12.0. The van der Waals surface area contributed by atoms with E-state index >= 15 is 0 Å². The minimum atomic E-state index is -0.0639. The molecule has 3 heterocycles. The van der Waals surface area contributed by atoms with Crippen LogP contribution in [-0.4, -0.2) is 20.7 Å². The van der Waals surface area contributed by atoms with Gasteiger partial charge in [0.05, 0.1) is 16.8 Å². The zero-order valence-corrected chi connectivity index (χ0v) is 12.3. The van der Waals surface area contributed by atoms with E-state index in [0.29, 0.717) is 11.4 Å². The molecule has 0 aliphatic heterocycles. The predicted octanol–water partition coefficient (Wildman–Crippen LogP) is 2.47. The minimum absolute atomic E-state index is 0.0639. The Bertz CT molecular complexity index is 749. The van der Waals surface area contributed by atoms with E-state index in [9.17, 15) is 4.79 Å². The van der Waals surface area contributed by atoms with Gasteiger partial charge in [-0.1, -0.05) is 12.1 Å². The van der Waals surface area contributed by atoms with Crippen LogP contribution in [-0.2, 0) is 13.6 Å². The molecule has 1 N–H and O–H groups in total. The molecule has 0 aromatic carbocycles. The fourth-order valence-electron chi connectivity index (χ4n) is 2.06. The molecule has 0 unspecified atom stereocenters. The fourth-order valence-corrected chi connectivity index (χ4v) is 2.70. The van der Waals surface area contributed by atoms with Gasteiger partial charge in [-0.15, -0.1) is 11.3 Å². The quantitative estimate of drug-likeness (QED) is 0.805. The molecule has 0 saturated heterocycles. The molecule has 0 aliphatic rings. The topological polar surface area (TPSA) is 59.8 Å². The summed E-state index contributed by atoms with van der Waals surface area (Å²) >= 11 is 1.43. The van der Waals surface area contributed by atoms with Gasteiger partial charge in [-0.2, -0.15) is 5.10 Å². The van der Waals surface area contributed by atoms with Crippen LogP contribution in [0.15, 0.2) is 48.2 Å². The molecule has 3 aromatic rings. The second kappa shape index (κ2) is 5.88. The lowest BCUT2D eigenvalue weighted by Crippen LogP contribution is -2.22. The number of nitrogens with one attached hydrogen (secondary N) is 1. The van der Waals surface area contributed by atoms with Crippen LogP contribution in [0.1, 0.15) is 15.2 Å². The highest BCUT2D eigenvalue weighted by molar-refractivity contribution is 7.12. The molecule has 3 aromatic heterocycles. The van der Waals surface area contributed by atoms with Gasteiger partial charge in [-0.25, -0.2) is 0 Å². The first-order valence-electron chi connectivity index (χ1n) is 6.48. The molecule has 0 bridgehead atoms. The second-order valence-corrected chi connectivity index (χ2v) is 5.52. The highest BCUT2D eigenvalue weighted by Gasteiger charge is 2.10. The van der Waals surface area contributed by atoms with E-state index in [1.807, 2.05) is 42.9 Å². The fraction of sp³-hybridized carbons (Fsp3) is 0.133. The summed E-state index contributed by atoms with van der Waals surface area (Å²) in [7, 11) is 1.87. The number of hydrogen-bond donors (Lipinski definition) is 1. The number of amides is 1. The first kappa shape index (κ1) is 13.5. The van der Waals surface area contributed by atoms with Gasteiger partial charge in [0, 0.05) is 31.5 Å². The summed E-state index contributed by atoms with van der Waals surface area (Å²) in [6.45, 7) is 0.439. The largest absolute Gasteiger partial charge is 0.347 e. The lowest BCUT2D eigenvalue weighted by molar-refractivity contribution is 0.0955. The summed E-state index contributed by atoms with van der Waals surface area (Å²) in [5.41, 5.74) is 2.76. The van der Waals surface area contributed by atoms with E-state index in [0.717, 1.165) is 16.8 Å². The number of carbonyl (C=O) groups excluding carboxylic acids is 1. The van der Waals surface area contributed by atoms with Crippen LogP contribution in [0.4, 0.5) is 0 Å². The Balaban J connectivity index is 1.78. The van der Waals surface area contributed by atoms with Crippen LogP contribution in [0.3, 0.4) is 0 Å². The van der Waals surface area contributed by atoms with Crippen molar-refractivity contribution in [3.63, 3.8) is 0 Å². The number of carbonyl (C=O) groups is 1. The first-order chi connectivity index (χ1) is 10.2. The molecule has 5 nitrogen and oxygen atoms in total. The molecule has 0 aliphatic carbocycles. The Hall–Kier alpha value is -2.47. The van der Waals surface area contributed by atoms with E-state index in [2.05, 4.69) is 15.4 Å². The van der Waals surface area contributed by atoms with Gasteiger partial charge in [0.15, 0.2) is 0 Å².